The molecule has 2 unspecified atom stereocenters. The summed E-state index contributed by atoms with van der Waals surface area (Å²) in [6.07, 6.45) is 3.60. The number of hydrogen-bond donors (Lipinski definition) is 4. The van der Waals surface area contributed by atoms with Gasteiger partial charge in [0, 0.05) is 0 Å². The van der Waals surface area contributed by atoms with Gasteiger partial charge in [0.1, 0.15) is 0 Å². The van der Waals surface area contributed by atoms with Crippen molar-refractivity contribution in [3.63, 3.8) is 0 Å². The van der Waals surface area contributed by atoms with E-state index in [-0.39, 0.29) is 12.2 Å². The number of carboxylic acids is 2. The van der Waals surface area contributed by atoms with Crippen molar-refractivity contribution in [2.75, 3.05) is 0 Å². The molecular weight excluding hydrogens is 420 g/mol. The summed E-state index contributed by atoms with van der Waals surface area (Å²) in [6, 6.07) is 16.6. The summed E-state index contributed by atoms with van der Waals surface area (Å²) >= 11 is 0. The minimum Gasteiger partial charge on any atom is -0.478 e. The van der Waals surface area contributed by atoms with Crippen LogP contribution in [0.1, 0.15) is 80.5 Å². The lowest BCUT2D eigenvalue weighted by Gasteiger charge is -2.17. The smallest absolute Gasteiger partial charge is 0.335 e. The van der Waals surface area contributed by atoms with Gasteiger partial charge in [-0.3, -0.25) is 0 Å². The maximum absolute atomic E-state index is 10.2. The Morgan fingerprint density at radius 3 is 1.12 bits per heavy atom. The number of aliphatic hydroxyl groups excluding tert-OH is 2. The zero-order valence-corrected chi connectivity index (χ0v) is 20.2. The number of aliphatic hydroxyl groups is 2. The second-order valence-electron chi connectivity index (χ2n) is 8.83. The van der Waals surface area contributed by atoms with E-state index in [1.54, 1.807) is 60.7 Å². The van der Waals surface area contributed by atoms with Crippen molar-refractivity contribution in [1.82, 2.24) is 0 Å². The highest BCUT2D eigenvalue weighted by molar-refractivity contribution is 5.87. The van der Waals surface area contributed by atoms with Gasteiger partial charge in [-0.15, -0.1) is 0 Å². The fourth-order valence-electron chi connectivity index (χ4n) is 2.76. The van der Waals surface area contributed by atoms with E-state index in [9.17, 15) is 19.8 Å². The molecule has 0 bridgehead atoms. The lowest BCUT2D eigenvalue weighted by Crippen LogP contribution is -2.18. The largest absolute Gasteiger partial charge is 0.478 e. The quantitative estimate of drug-likeness (QED) is 0.359. The first kappa shape index (κ1) is 30.3. The van der Waals surface area contributed by atoms with Gasteiger partial charge in [0.2, 0.25) is 0 Å². The third-order valence-corrected chi connectivity index (χ3v) is 4.74. The Bertz CT molecular complexity index is 693. The molecule has 0 amide bonds. The first-order valence-electron chi connectivity index (χ1n) is 11.5. The molecular formula is C27H40O6. The Balaban J connectivity index is 0.000000489. The topological polar surface area (TPSA) is 115 Å². The van der Waals surface area contributed by atoms with Crippen molar-refractivity contribution < 1.29 is 30.0 Å². The van der Waals surface area contributed by atoms with Crippen molar-refractivity contribution in [2.45, 2.75) is 72.0 Å². The predicted octanol–water partition coefficient (Wildman–Crippen LogP) is 5.74. The molecule has 2 aromatic carbocycles. The first-order chi connectivity index (χ1) is 15.5. The zero-order chi connectivity index (χ0) is 25.2. The van der Waals surface area contributed by atoms with E-state index in [0.717, 1.165) is 25.7 Å². The van der Waals surface area contributed by atoms with Gasteiger partial charge in [-0.2, -0.15) is 0 Å². The molecule has 0 saturated heterocycles. The van der Waals surface area contributed by atoms with E-state index >= 15 is 0 Å². The Hall–Kier alpha value is -2.70. The van der Waals surface area contributed by atoms with Gasteiger partial charge in [0.25, 0.3) is 0 Å². The van der Waals surface area contributed by atoms with Crippen molar-refractivity contribution in [3.8, 4) is 0 Å². The van der Waals surface area contributed by atoms with Crippen molar-refractivity contribution in [2.24, 2.45) is 11.8 Å². The van der Waals surface area contributed by atoms with Crippen LogP contribution in [0.2, 0.25) is 0 Å². The lowest BCUT2D eigenvalue weighted by molar-refractivity contribution is 0.0648. The molecule has 2 atom stereocenters. The van der Waals surface area contributed by atoms with Crippen molar-refractivity contribution in [1.29, 1.82) is 0 Å². The molecule has 0 aliphatic carbocycles. The summed E-state index contributed by atoms with van der Waals surface area (Å²) in [6.45, 7) is 8.62. The first-order valence-corrected chi connectivity index (χ1v) is 11.5. The van der Waals surface area contributed by atoms with Gasteiger partial charge in [0.05, 0.1) is 23.3 Å². The van der Waals surface area contributed by atoms with Crippen molar-refractivity contribution in [3.05, 3.63) is 71.8 Å². The molecule has 0 fully saturated rings. The van der Waals surface area contributed by atoms with E-state index in [1.807, 2.05) is 0 Å². The van der Waals surface area contributed by atoms with Crippen LogP contribution in [0.4, 0.5) is 0 Å². The maximum Gasteiger partial charge on any atom is 0.335 e. The number of aromatic carboxylic acids is 2. The molecule has 2 aromatic rings. The highest BCUT2D eigenvalue weighted by Gasteiger charge is 2.12. The van der Waals surface area contributed by atoms with E-state index in [2.05, 4.69) is 27.7 Å². The van der Waals surface area contributed by atoms with Crippen LogP contribution in [0.3, 0.4) is 0 Å². The van der Waals surface area contributed by atoms with Crippen LogP contribution in [0.25, 0.3) is 0 Å². The molecule has 184 valence electrons. The van der Waals surface area contributed by atoms with Gasteiger partial charge in [-0.1, -0.05) is 64.1 Å². The standard InChI is InChI=1S/C13H28O2.2C7H6O2/c1-10(2)5-7-12(14)9-13(15)8-6-11(3)4;2*8-7(9)6-4-2-1-3-5-6/h10-15H,5-9H2,1-4H3;2*1-5H,(H,8,9). The number of benzene rings is 2. The predicted molar refractivity (Wildman–Crippen MR) is 132 cm³/mol. The maximum atomic E-state index is 10.2. The Labute approximate surface area is 197 Å². The zero-order valence-electron chi connectivity index (χ0n) is 20.2. The van der Waals surface area contributed by atoms with Gasteiger partial charge in [-0.25, -0.2) is 9.59 Å². The van der Waals surface area contributed by atoms with E-state index in [0.29, 0.717) is 29.4 Å². The molecule has 33 heavy (non-hydrogen) atoms. The second-order valence-corrected chi connectivity index (χ2v) is 8.83. The average molecular weight is 461 g/mol. The summed E-state index contributed by atoms with van der Waals surface area (Å²) in [5.41, 5.74) is 0.662. The van der Waals surface area contributed by atoms with E-state index in [4.69, 9.17) is 10.2 Å². The van der Waals surface area contributed by atoms with Gasteiger partial charge < -0.3 is 20.4 Å². The Kier molecular flexibility index (Phi) is 16.4. The van der Waals surface area contributed by atoms with Crippen LogP contribution >= 0.6 is 0 Å². The summed E-state index contributed by atoms with van der Waals surface area (Å²) < 4.78 is 0. The molecule has 4 N–H and O–H groups in total. The summed E-state index contributed by atoms with van der Waals surface area (Å²) in [7, 11) is 0. The van der Waals surface area contributed by atoms with Crippen LogP contribution in [0, 0.1) is 11.8 Å². The molecule has 6 nitrogen and oxygen atoms in total. The summed E-state index contributed by atoms with van der Waals surface area (Å²) in [5, 5.41) is 36.1. The Morgan fingerprint density at radius 1 is 0.606 bits per heavy atom. The van der Waals surface area contributed by atoms with Crippen LogP contribution < -0.4 is 0 Å². The highest BCUT2D eigenvalue weighted by atomic mass is 16.4. The minimum absolute atomic E-state index is 0.324. The Morgan fingerprint density at radius 2 is 0.909 bits per heavy atom. The SMILES string of the molecule is CC(C)CCC(O)CC(O)CCC(C)C.O=C(O)c1ccccc1.O=C(O)c1ccccc1. The fourth-order valence-corrected chi connectivity index (χ4v) is 2.76. The molecule has 0 aliphatic rings. The number of rotatable bonds is 10. The van der Waals surface area contributed by atoms with Crippen LogP contribution in [-0.4, -0.2) is 44.6 Å². The van der Waals surface area contributed by atoms with Crippen LogP contribution in [-0.2, 0) is 0 Å². The molecule has 0 saturated carbocycles. The lowest BCUT2D eigenvalue weighted by atomic mass is 9.97. The fraction of sp³-hybridized carbons (Fsp3) is 0.481. The monoisotopic (exact) mass is 460 g/mol. The third-order valence-electron chi connectivity index (χ3n) is 4.74. The number of carboxylic acid groups (broad SMARTS) is 2. The molecule has 2 rings (SSSR count). The molecule has 0 heterocycles. The molecule has 6 heteroatoms. The highest BCUT2D eigenvalue weighted by Crippen LogP contribution is 2.15. The molecule has 0 spiro atoms. The van der Waals surface area contributed by atoms with E-state index < -0.39 is 11.9 Å². The average Bonchev–Trinajstić information content (AvgIpc) is 2.78. The summed E-state index contributed by atoms with van der Waals surface area (Å²) in [5.74, 6) is -0.494. The second kappa shape index (κ2) is 17.8. The minimum atomic E-state index is -0.879. The van der Waals surface area contributed by atoms with E-state index in [1.165, 1.54) is 0 Å². The van der Waals surface area contributed by atoms with Gasteiger partial charge in [0.15, 0.2) is 0 Å². The van der Waals surface area contributed by atoms with Crippen molar-refractivity contribution >= 4 is 11.9 Å². The number of hydrogen-bond acceptors (Lipinski definition) is 4. The van der Waals surface area contributed by atoms with Gasteiger partial charge in [-0.05, 0) is 68.2 Å². The molecule has 0 radical (unpaired) electrons. The molecule has 0 aliphatic heterocycles. The van der Waals surface area contributed by atoms with Crippen LogP contribution in [0.15, 0.2) is 60.7 Å². The summed E-state index contributed by atoms with van der Waals surface area (Å²) in [4.78, 5) is 20.4. The normalized spacial score (nSPS) is 12.1. The van der Waals surface area contributed by atoms with Crippen LogP contribution in [0.5, 0.6) is 0 Å². The number of carbonyl (C=O) groups is 2. The van der Waals surface area contributed by atoms with Gasteiger partial charge >= 0.3 is 11.9 Å². The molecule has 0 aromatic heterocycles. The third kappa shape index (κ3) is 17.5.